The third kappa shape index (κ3) is 3.71. The zero-order chi connectivity index (χ0) is 14.2. The number of hydrogen-bond acceptors (Lipinski definition) is 7. The minimum absolute atomic E-state index is 0.178. The molecule has 0 aromatic rings. The van der Waals surface area contributed by atoms with Crippen molar-refractivity contribution in [2.75, 3.05) is 39.5 Å². The number of amidine groups is 2. The summed E-state index contributed by atoms with van der Waals surface area (Å²) < 4.78 is 10.9. The Hall–Kier alpha value is -1.60. The van der Waals surface area contributed by atoms with Gasteiger partial charge in [0.2, 0.25) is 0 Å². The molecule has 0 N–H and O–H groups in total. The van der Waals surface area contributed by atoms with Gasteiger partial charge in [-0.2, -0.15) is 0 Å². The van der Waals surface area contributed by atoms with Crippen LogP contribution in [0.5, 0.6) is 0 Å². The Morgan fingerprint density at radius 1 is 1.05 bits per heavy atom. The maximum atomic E-state index is 5.43. The quantitative estimate of drug-likeness (QED) is 0.611. The predicted octanol–water partition coefficient (Wildman–Crippen LogP) is 0.611. The third-order valence-corrected chi connectivity index (χ3v) is 3.02. The average molecular weight is 279 g/mol. The lowest BCUT2D eigenvalue weighted by molar-refractivity contribution is 0.106. The molecule has 0 amide bonds. The summed E-state index contributed by atoms with van der Waals surface area (Å²) in [4.78, 5) is 19.1. The summed E-state index contributed by atoms with van der Waals surface area (Å²) in [6.07, 6.45) is 3.08. The van der Waals surface area contributed by atoms with Crippen molar-refractivity contribution in [3.05, 3.63) is 0 Å². The van der Waals surface area contributed by atoms with Crippen molar-refractivity contribution >= 4 is 24.3 Å². The molecule has 0 radical (unpaired) electrons. The number of hydrogen-bond donors (Lipinski definition) is 0. The molecule has 2 aliphatic heterocycles. The van der Waals surface area contributed by atoms with Crippen LogP contribution >= 0.6 is 0 Å². The van der Waals surface area contributed by atoms with E-state index in [1.54, 1.807) is 6.34 Å². The van der Waals surface area contributed by atoms with Gasteiger partial charge in [0.25, 0.3) is 0 Å². The molecule has 1 unspecified atom stereocenters. The lowest BCUT2D eigenvalue weighted by atomic mass is 10.2. The molecule has 0 saturated heterocycles. The van der Waals surface area contributed by atoms with Crippen LogP contribution in [-0.2, 0) is 9.47 Å². The van der Waals surface area contributed by atoms with E-state index in [4.69, 9.17) is 9.47 Å². The summed E-state index contributed by atoms with van der Waals surface area (Å²) in [5.41, 5.74) is 0. The summed E-state index contributed by atoms with van der Waals surface area (Å²) in [7, 11) is 0. The SMILES string of the molecule is CCOCCN(CCOCC)C1=NC=NC2=NC=NC21. The molecule has 20 heavy (non-hydrogen) atoms. The van der Waals surface area contributed by atoms with Gasteiger partial charge in [0, 0.05) is 26.3 Å². The molecule has 0 aromatic heterocycles. The van der Waals surface area contributed by atoms with Crippen LogP contribution in [0.15, 0.2) is 20.0 Å². The summed E-state index contributed by atoms with van der Waals surface area (Å²) in [6, 6.07) is -0.178. The zero-order valence-electron chi connectivity index (χ0n) is 12.0. The Balaban J connectivity index is 2.00. The molecular formula is C13H21N5O2. The standard InChI is InChI=1S/C13H21N5O2/c1-3-19-7-5-18(6-8-20-4-2)13-11-12(15-9-14-11)16-10-17-13/h9-11H,3-8H2,1-2H3. The Morgan fingerprint density at radius 3 is 2.40 bits per heavy atom. The molecule has 7 nitrogen and oxygen atoms in total. The predicted molar refractivity (Wildman–Crippen MR) is 80.2 cm³/mol. The Bertz CT molecular complexity index is 420. The molecule has 0 aliphatic carbocycles. The van der Waals surface area contributed by atoms with Crippen molar-refractivity contribution in [1.82, 2.24) is 4.90 Å². The number of fused-ring (bicyclic) bond motifs is 1. The van der Waals surface area contributed by atoms with Gasteiger partial charge in [-0.15, -0.1) is 0 Å². The number of ether oxygens (including phenoxy) is 2. The largest absolute Gasteiger partial charge is 0.380 e. The van der Waals surface area contributed by atoms with Crippen molar-refractivity contribution in [1.29, 1.82) is 0 Å². The van der Waals surface area contributed by atoms with E-state index >= 15 is 0 Å². The van der Waals surface area contributed by atoms with Crippen molar-refractivity contribution in [3.63, 3.8) is 0 Å². The highest BCUT2D eigenvalue weighted by Crippen LogP contribution is 2.12. The van der Waals surface area contributed by atoms with Crippen molar-refractivity contribution in [2.24, 2.45) is 20.0 Å². The molecule has 110 valence electrons. The molecule has 0 saturated carbocycles. The van der Waals surface area contributed by atoms with Crippen LogP contribution < -0.4 is 0 Å². The smallest absolute Gasteiger partial charge is 0.169 e. The fourth-order valence-electron chi connectivity index (χ4n) is 2.03. The van der Waals surface area contributed by atoms with E-state index in [0.717, 1.165) is 18.9 Å². The summed E-state index contributed by atoms with van der Waals surface area (Å²) >= 11 is 0. The molecular weight excluding hydrogens is 258 g/mol. The maximum Gasteiger partial charge on any atom is 0.169 e. The van der Waals surface area contributed by atoms with Crippen LogP contribution in [0.2, 0.25) is 0 Å². The molecule has 2 heterocycles. The highest BCUT2D eigenvalue weighted by molar-refractivity contribution is 6.19. The lowest BCUT2D eigenvalue weighted by Crippen LogP contribution is -2.45. The first-order valence-corrected chi connectivity index (χ1v) is 6.96. The second-order valence-electron chi connectivity index (χ2n) is 4.27. The second-order valence-corrected chi connectivity index (χ2v) is 4.27. The highest BCUT2D eigenvalue weighted by atomic mass is 16.5. The van der Waals surface area contributed by atoms with Crippen LogP contribution in [0.4, 0.5) is 0 Å². The van der Waals surface area contributed by atoms with Gasteiger partial charge in [0.1, 0.15) is 18.5 Å². The van der Waals surface area contributed by atoms with Crippen molar-refractivity contribution in [3.8, 4) is 0 Å². The summed E-state index contributed by atoms with van der Waals surface area (Å²) in [5.74, 6) is 1.57. The number of rotatable bonds is 8. The first-order chi connectivity index (χ1) is 9.86. The van der Waals surface area contributed by atoms with Crippen molar-refractivity contribution in [2.45, 2.75) is 19.9 Å². The molecule has 0 fully saturated rings. The van der Waals surface area contributed by atoms with Gasteiger partial charge in [-0.25, -0.2) is 15.0 Å². The van der Waals surface area contributed by atoms with E-state index in [0.29, 0.717) is 32.3 Å². The Morgan fingerprint density at radius 2 is 1.75 bits per heavy atom. The minimum Gasteiger partial charge on any atom is -0.380 e. The second kappa shape index (κ2) is 7.86. The molecule has 7 heteroatoms. The van der Waals surface area contributed by atoms with Crippen LogP contribution in [-0.4, -0.2) is 74.8 Å². The lowest BCUT2D eigenvalue weighted by Gasteiger charge is -2.29. The normalized spacial score (nSPS) is 19.8. The van der Waals surface area contributed by atoms with E-state index in [2.05, 4.69) is 24.9 Å². The van der Waals surface area contributed by atoms with Crippen LogP contribution in [0.1, 0.15) is 13.8 Å². The summed E-state index contributed by atoms with van der Waals surface area (Å²) in [5, 5.41) is 0. The van der Waals surface area contributed by atoms with Crippen molar-refractivity contribution < 1.29 is 9.47 Å². The first kappa shape index (κ1) is 14.8. The number of aliphatic imine (C=N–C) groups is 4. The molecule has 0 spiro atoms. The molecule has 0 aromatic carbocycles. The van der Waals surface area contributed by atoms with E-state index in [1.807, 2.05) is 13.8 Å². The molecule has 2 rings (SSSR count). The van der Waals surface area contributed by atoms with Gasteiger partial charge in [-0.3, -0.25) is 4.99 Å². The van der Waals surface area contributed by atoms with Gasteiger partial charge in [-0.05, 0) is 13.8 Å². The van der Waals surface area contributed by atoms with Gasteiger partial charge < -0.3 is 14.4 Å². The fourth-order valence-corrected chi connectivity index (χ4v) is 2.03. The van der Waals surface area contributed by atoms with E-state index < -0.39 is 0 Å². The van der Waals surface area contributed by atoms with E-state index in [9.17, 15) is 0 Å². The maximum absolute atomic E-state index is 5.43. The Kier molecular flexibility index (Phi) is 5.82. The highest BCUT2D eigenvalue weighted by Gasteiger charge is 2.29. The fraction of sp³-hybridized carbons (Fsp3) is 0.692. The van der Waals surface area contributed by atoms with Crippen LogP contribution in [0, 0.1) is 0 Å². The Labute approximate surface area is 119 Å². The number of nitrogens with zero attached hydrogens (tertiary/aromatic N) is 5. The van der Waals surface area contributed by atoms with Gasteiger partial charge in [-0.1, -0.05) is 0 Å². The zero-order valence-corrected chi connectivity index (χ0v) is 12.0. The first-order valence-electron chi connectivity index (χ1n) is 6.96. The monoisotopic (exact) mass is 279 g/mol. The molecule has 2 aliphatic rings. The van der Waals surface area contributed by atoms with E-state index in [1.165, 1.54) is 6.34 Å². The van der Waals surface area contributed by atoms with E-state index in [-0.39, 0.29) is 6.04 Å². The average Bonchev–Trinajstić information content (AvgIpc) is 2.94. The topological polar surface area (TPSA) is 71.1 Å². The third-order valence-electron chi connectivity index (χ3n) is 3.02. The summed E-state index contributed by atoms with van der Waals surface area (Å²) in [6.45, 7) is 8.22. The molecule has 0 bridgehead atoms. The van der Waals surface area contributed by atoms with Gasteiger partial charge >= 0.3 is 0 Å². The van der Waals surface area contributed by atoms with Crippen LogP contribution in [0.25, 0.3) is 0 Å². The van der Waals surface area contributed by atoms with Crippen LogP contribution in [0.3, 0.4) is 0 Å². The molecule has 1 atom stereocenters. The van der Waals surface area contributed by atoms with Gasteiger partial charge in [0.05, 0.1) is 13.2 Å². The minimum atomic E-state index is -0.178. The van der Waals surface area contributed by atoms with Gasteiger partial charge in [0.15, 0.2) is 11.9 Å².